The van der Waals surface area contributed by atoms with Crippen LogP contribution >= 0.6 is 0 Å². The van der Waals surface area contributed by atoms with Gasteiger partial charge in [0.25, 0.3) is 0 Å². The molecule has 9 rings (SSSR count). The number of hydrogen-bond donors (Lipinski definition) is 0. The van der Waals surface area contributed by atoms with Crippen LogP contribution < -0.4 is 4.74 Å². The molecule has 7 nitrogen and oxygen atoms in total. The summed E-state index contributed by atoms with van der Waals surface area (Å²) >= 11 is 0. The first-order valence-electron chi connectivity index (χ1n) is 17.0. The van der Waals surface area contributed by atoms with Crippen molar-refractivity contribution in [2.24, 2.45) is 0 Å². The number of rotatable bonds is 4. The molecule has 0 N–H and O–H groups in total. The summed E-state index contributed by atoms with van der Waals surface area (Å²) in [5, 5.41) is 2.22. The van der Waals surface area contributed by atoms with Crippen molar-refractivity contribution in [3.63, 3.8) is 0 Å². The van der Waals surface area contributed by atoms with Crippen LogP contribution in [0.5, 0.6) is 11.5 Å². The van der Waals surface area contributed by atoms with Crippen LogP contribution in [0.3, 0.4) is 0 Å². The zero-order valence-corrected chi connectivity index (χ0v) is 31.6. The van der Waals surface area contributed by atoms with Crippen LogP contribution in [0.1, 0.15) is 52.7 Å². The summed E-state index contributed by atoms with van der Waals surface area (Å²) in [6.07, 6.45) is 3.86. The first kappa shape index (κ1) is 32.9. The van der Waals surface area contributed by atoms with Gasteiger partial charge in [-0.05, 0) is 74.8 Å². The van der Waals surface area contributed by atoms with E-state index in [9.17, 15) is 0 Å². The standard InChI is InChI=1S/C43H36N6O.Pt/c1-42(2,3)27-20-21-44-39(23-27)48-35-15-11-10-14-32(35)33-18-16-30(24-36(33)48)50-31-17-19-34-37(25-31)49-40-38(22-28(26-45-40)43(4,5)6)47(41(49)46-34)29-12-8-7-9-13-29;/h7-23,26H,1-6H3;/q-2;+2. The summed E-state index contributed by atoms with van der Waals surface area (Å²) in [7, 11) is 0. The Kier molecular flexibility index (Phi) is 7.69. The van der Waals surface area contributed by atoms with Gasteiger partial charge in [0.05, 0.1) is 5.52 Å². The molecule has 0 aliphatic rings. The van der Waals surface area contributed by atoms with Crippen molar-refractivity contribution >= 4 is 49.8 Å². The third kappa shape index (κ3) is 5.42. The number of para-hydroxylation sites is 2. The van der Waals surface area contributed by atoms with Crippen molar-refractivity contribution in [3.8, 4) is 23.0 Å². The van der Waals surface area contributed by atoms with Crippen LogP contribution in [0, 0.1) is 12.1 Å². The predicted molar refractivity (Wildman–Crippen MR) is 201 cm³/mol. The van der Waals surface area contributed by atoms with Gasteiger partial charge in [-0.1, -0.05) is 83.5 Å². The maximum Gasteiger partial charge on any atom is 2.00 e. The molecule has 4 aromatic carbocycles. The minimum atomic E-state index is -0.0565. The molecule has 5 heterocycles. The summed E-state index contributed by atoms with van der Waals surface area (Å²) in [6.45, 7) is 13.3. The molecule has 254 valence electrons. The molecule has 0 aliphatic heterocycles. The molecule has 0 saturated carbocycles. The van der Waals surface area contributed by atoms with E-state index in [2.05, 4.69) is 128 Å². The van der Waals surface area contributed by atoms with E-state index in [1.165, 1.54) is 5.56 Å². The fraction of sp³-hybridized carbons (Fsp3) is 0.186. The van der Waals surface area contributed by atoms with E-state index in [0.29, 0.717) is 11.5 Å². The summed E-state index contributed by atoms with van der Waals surface area (Å²) in [6, 6.07) is 40.3. The zero-order chi connectivity index (χ0) is 34.4. The number of imidazole rings is 2. The van der Waals surface area contributed by atoms with Crippen molar-refractivity contribution in [1.82, 2.24) is 28.5 Å². The van der Waals surface area contributed by atoms with E-state index in [4.69, 9.17) is 19.7 Å². The molecule has 0 spiro atoms. The monoisotopic (exact) mass is 847 g/mol. The third-order valence-corrected chi connectivity index (χ3v) is 9.52. The first-order chi connectivity index (χ1) is 24.0. The molecule has 51 heavy (non-hydrogen) atoms. The smallest absolute Gasteiger partial charge is 0.509 e. The Hall–Kier alpha value is -5.26. The van der Waals surface area contributed by atoms with Gasteiger partial charge in [0.15, 0.2) is 5.65 Å². The Bertz CT molecular complexity index is 2760. The third-order valence-electron chi connectivity index (χ3n) is 9.52. The van der Waals surface area contributed by atoms with Gasteiger partial charge in [0.2, 0.25) is 5.78 Å². The summed E-state index contributed by atoms with van der Waals surface area (Å²) in [5.74, 6) is 2.78. The molecule has 0 amide bonds. The van der Waals surface area contributed by atoms with E-state index in [1.807, 2.05) is 48.8 Å². The molecule has 0 saturated heterocycles. The maximum absolute atomic E-state index is 6.53. The first-order valence-corrected chi connectivity index (χ1v) is 17.0. The molecule has 5 aromatic heterocycles. The maximum atomic E-state index is 6.53. The van der Waals surface area contributed by atoms with Crippen LogP contribution in [-0.2, 0) is 31.9 Å². The predicted octanol–water partition coefficient (Wildman–Crippen LogP) is 10.3. The van der Waals surface area contributed by atoms with Crippen LogP contribution in [0.4, 0.5) is 0 Å². The molecule has 0 atom stereocenters. The molecule has 0 unspecified atom stereocenters. The van der Waals surface area contributed by atoms with Crippen LogP contribution in [0.25, 0.3) is 61.3 Å². The quantitative estimate of drug-likeness (QED) is 0.166. The van der Waals surface area contributed by atoms with Gasteiger partial charge >= 0.3 is 21.1 Å². The van der Waals surface area contributed by atoms with Gasteiger partial charge < -0.3 is 9.30 Å². The van der Waals surface area contributed by atoms with Crippen molar-refractivity contribution < 1.29 is 25.8 Å². The topological polar surface area (TPSA) is 62.2 Å². The minimum absolute atomic E-state index is 0. The number of fused-ring (bicyclic) bond motifs is 8. The largest absolute Gasteiger partial charge is 2.00 e. The van der Waals surface area contributed by atoms with E-state index in [1.54, 1.807) is 0 Å². The number of ether oxygens (including phenoxy) is 1. The van der Waals surface area contributed by atoms with Crippen molar-refractivity contribution in [1.29, 1.82) is 0 Å². The molecule has 8 heteroatoms. The second-order valence-electron chi connectivity index (χ2n) is 15.0. The van der Waals surface area contributed by atoms with Gasteiger partial charge in [-0.3, -0.25) is 14.0 Å². The molecule has 0 fully saturated rings. The zero-order valence-electron chi connectivity index (χ0n) is 29.3. The molecule has 0 bridgehead atoms. The van der Waals surface area contributed by atoms with Crippen molar-refractivity contribution in [2.45, 2.75) is 52.4 Å². The van der Waals surface area contributed by atoms with Crippen LogP contribution in [0.2, 0.25) is 0 Å². The fourth-order valence-electron chi connectivity index (χ4n) is 6.81. The normalized spacial score (nSPS) is 12.4. The van der Waals surface area contributed by atoms with E-state index >= 15 is 0 Å². The second kappa shape index (κ2) is 11.9. The second-order valence-corrected chi connectivity index (χ2v) is 15.0. The van der Waals surface area contributed by atoms with Gasteiger partial charge in [-0.2, -0.15) is 6.07 Å². The average molecular weight is 848 g/mol. The summed E-state index contributed by atoms with van der Waals surface area (Å²) < 4.78 is 13.0. The van der Waals surface area contributed by atoms with E-state index in [-0.39, 0.29) is 31.9 Å². The Labute approximate surface area is 310 Å². The Morgan fingerprint density at radius 1 is 0.627 bits per heavy atom. The number of nitrogens with zero attached hydrogens (tertiary/aromatic N) is 6. The van der Waals surface area contributed by atoms with Crippen LogP contribution in [0.15, 0.2) is 109 Å². The molecular weight excluding hydrogens is 812 g/mol. The molecular formula is C43H36N6OPt. The van der Waals surface area contributed by atoms with E-state index in [0.717, 1.165) is 66.8 Å². The average Bonchev–Trinajstić information content (AvgIpc) is 3.74. The van der Waals surface area contributed by atoms with Crippen molar-refractivity contribution in [2.75, 3.05) is 0 Å². The Morgan fingerprint density at radius 3 is 2.10 bits per heavy atom. The van der Waals surface area contributed by atoms with Gasteiger partial charge in [-0.15, -0.1) is 35.7 Å². The van der Waals surface area contributed by atoms with Crippen LogP contribution in [-0.4, -0.2) is 28.5 Å². The van der Waals surface area contributed by atoms with Gasteiger partial charge in [-0.25, -0.2) is 9.97 Å². The van der Waals surface area contributed by atoms with Gasteiger partial charge in [0, 0.05) is 35.1 Å². The van der Waals surface area contributed by atoms with Crippen molar-refractivity contribution in [3.05, 3.63) is 133 Å². The molecule has 0 radical (unpaired) electrons. The number of aromatic nitrogens is 6. The fourth-order valence-corrected chi connectivity index (χ4v) is 6.81. The number of hydrogen-bond acceptors (Lipinski definition) is 4. The molecule has 9 aromatic rings. The number of benzene rings is 4. The number of pyridine rings is 2. The summed E-state index contributed by atoms with van der Waals surface area (Å²) in [4.78, 5) is 14.9. The summed E-state index contributed by atoms with van der Waals surface area (Å²) in [5.41, 5.74) is 8.71. The molecule has 0 aliphatic carbocycles. The van der Waals surface area contributed by atoms with Gasteiger partial charge in [0.1, 0.15) is 5.82 Å². The SMILES string of the molecule is CC(C)(C)c1ccnc(-n2c3[c-]c(Oc4[c-]c5c(cc4)nc4n(-c6ccccc6)c6cc(C(C)(C)C)cnc6n54)ccc3c3ccccc32)c1.[Pt+2]. The minimum Gasteiger partial charge on any atom is -0.509 e. The Morgan fingerprint density at radius 2 is 1.33 bits per heavy atom. The van der Waals surface area contributed by atoms with E-state index < -0.39 is 0 Å². The Balaban J connectivity index is 0.00000374.